The van der Waals surface area contributed by atoms with E-state index in [-0.39, 0.29) is 5.78 Å². The van der Waals surface area contributed by atoms with E-state index in [1.807, 2.05) is 11.4 Å². The summed E-state index contributed by atoms with van der Waals surface area (Å²) in [5.41, 5.74) is 7.72. The molecule has 0 saturated carbocycles. The molecule has 0 unspecified atom stereocenters. The zero-order valence-electron chi connectivity index (χ0n) is 8.72. The maximum absolute atomic E-state index is 11.8. The predicted molar refractivity (Wildman–Crippen MR) is 65.6 cm³/mol. The normalized spacial score (nSPS) is 10.2. The maximum Gasteiger partial charge on any atom is 0.183 e. The highest BCUT2D eigenvalue weighted by Crippen LogP contribution is 2.13. The molecule has 2 aromatic heterocycles. The van der Waals surface area contributed by atoms with Gasteiger partial charge in [0.2, 0.25) is 0 Å². The Labute approximate surface area is 97.9 Å². The van der Waals surface area contributed by atoms with E-state index in [1.165, 1.54) is 5.56 Å². The van der Waals surface area contributed by atoms with Gasteiger partial charge in [-0.05, 0) is 40.9 Å². The second kappa shape index (κ2) is 4.90. The number of nitrogens with two attached hydrogens (primary N) is 1. The van der Waals surface area contributed by atoms with Crippen molar-refractivity contribution < 1.29 is 4.79 Å². The van der Waals surface area contributed by atoms with Crippen molar-refractivity contribution in [2.75, 3.05) is 5.73 Å². The number of thiophene rings is 1. The van der Waals surface area contributed by atoms with Gasteiger partial charge >= 0.3 is 0 Å². The Hall–Kier alpha value is -1.68. The van der Waals surface area contributed by atoms with Crippen molar-refractivity contribution in [3.8, 4) is 0 Å². The van der Waals surface area contributed by atoms with Crippen molar-refractivity contribution in [3.05, 3.63) is 46.4 Å². The summed E-state index contributed by atoms with van der Waals surface area (Å²) in [7, 11) is 0. The third kappa shape index (κ3) is 2.46. The molecule has 0 atom stereocenters. The summed E-state index contributed by atoms with van der Waals surface area (Å²) in [6, 6.07) is 5.45. The predicted octanol–water partition coefficient (Wildman–Crippen LogP) is 2.54. The molecule has 0 aliphatic heterocycles. The van der Waals surface area contributed by atoms with E-state index in [4.69, 9.17) is 5.73 Å². The van der Waals surface area contributed by atoms with E-state index in [0.29, 0.717) is 17.8 Å². The molecule has 0 spiro atoms. The van der Waals surface area contributed by atoms with Gasteiger partial charge in [0, 0.05) is 12.6 Å². The monoisotopic (exact) mass is 232 g/mol. The molecule has 2 rings (SSSR count). The summed E-state index contributed by atoms with van der Waals surface area (Å²) in [6.45, 7) is 0. The number of rotatable bonds is 4. The Morgan fingerprint density at radius 2 is 2.31 bits per heavy atom. The Morgan fingerprint density at radius 1 is 1.44 bits per heavy atom. The first-order valence-corrected chi connectivity index (χ1v) is 5.96. The van der Waals surface area contributed by atoms with Gasteiger partial charge in [0.05, 0.1) is 5.69 Å². The first-order chi connectivity index (χ1) is 7.77. The first-order valence-electron chi connectivity index (χ1n) is 5.02. The van der Waals surface area contributed by atoms with Crippen LogP contribution in [0.5, 0.6) is 0 Å². The van der Waals surface area contributed by atoms with Crippen LogP contribution in [0.1, 0.15) is 22.5 Å². The van der Waals surface area contributed by atoms with Crippen LogP contribution in [0.25, 0.3) is 0 Å². The van der Waals surface area contributed by atoms with Crippen LogP contribution in [0.15, 0.2) is 35.2 Å². The number of nitrogen functional groups attached to an aromatic ring is 1. The van der Waals surface area contributed by atoms with Gasteiger partial charge in [0.25, 0.3) is 0 Å². The average molecular weight is 232 g/mol. The highest BCUT2D eigenvalue weighted by Gasteiger charge is 2.10. The summed E-state index contributed by atoms with van der Waals surface area (Å²) in [6.07, 6.45) is 2.80. The van der Waals surface area contributed by atoms with Gasteiger partial charge in [0.1, 0.15) is 5.69 Å². The Balaban J connectivity index is 2.01. The summed E-state index contributed by atoms with van der Waals surface area (Å²) in [5, 5.41) is 4.06. The fourth-order valence-electron chi connectivity index (χ4n) is 1.46. The van der Waals surface area contributed by atoms with Crippen LogP contribution >= 0.6 is 11.3 Å². The molecule has 0 fully saturated rings. The smallest absolute Gasteiger partial charge is 0.183 e. The molecule has 2 N–H and O–H groups in total. The third-order valence-electron chi connectivity index (χ3n) is 2.32. The summed E-state index contributed by atoms with van der Waals surface area (Å²) >= 11 is 1.64. The zero-order chi connectivity index (χ0) is 11.4. The number of hydrogen-bond acceptors (Lipinski definition) is 4. The lowest BCUT2D eigenvalue weighted by Crippen LogP contribution is -2.07. The van der Waals surface area contributed by atoms with E-state index in [2.05, 4.69) is 10.4 Å². The molecule has 0 saturated heterocycles. The van der Waals surface area contributed by atoms with Crippen LogP contribution in [0.2, 0.25) is 0 Å². The van der Waals surface area contributed by atoms with Crippen molar-refractivity contribution in [2.45, 2.75) is 12.8 Å². The van der Waals surface area contributed by atoms with E-state index in [9.17, 15) is 4.79 Å². The molecule has 2 heterocycles. The van der Waals surface area contributed by atoms with Crippen LogP contribution in [0, 0.1) is 0 Å². The topological polar surface area (TPSA) is 56.0 Å². The fourth-order valence-corrected chi connectivity index (χ4v) is 2.17. The van der Waals surface area contributed by atoms with Gasteiger partial charge in [0.15, 0.2) is 5.78 Å². The minimum atomic E-state index is 0.00398. The molecule has 82 valence electrons. The second-order valence-corrected chi connectivity index (χ2v) is 4.28. The van der Waals surface area contributed by atoms with Crippen LogP contribution in [-0.4, -0.2) is 10.8 Å². The number of aryl methyl sites for hydroxylation is 1. The summed E-state index contributed by atoms with van der Waals surface area (Å²) in [4.78, 5) is 15.8. The van der Waals surface area contributed by atoms with Crippen LogP contribution in [0.3, 0.4) is 0 Å². The van der Waals surface area contributed by atoms with E-state index in [1.54, 1.807) is 29.7 Å². The molecule has 0 radical (unpaired) electrons. The number of carbonyl (C=O) groups is 1. The fraction of sp³-hybridized carbons (Fsp3) is 0.167. The van der Waals surface area contributed by atoms with Crippen molar-refractivity contribution in [2.24, 2.45) is 0 Å². The maximum atomic E-state index is 11.8. The molecule has 2 aromatic rings. The third-order valence-corrected chi connectivity index (χ3v) is 3.06. The van der Waals surface area contributed by atoms with Crippen molar-refractivity contribution in [1.82, 2.24) is 4.98 Å². The van der Waals surface area contributed by atoms with Gasteiger partial charge in [-0.3, -0.25) is 9.78 Å². The molecular formula is C12H12N2OS. The number of carbonyl (C=O) groups excluding carboxylic acids is 1. The number of Topliss-reactive ketones (excluding diaryl/α,β-unsaturated/α-hetero) is 1. The number of pyridine rings is 1. The van der Waals surface area contributed by atoms with Crippen LogP contribution in [0.4, 0.5) is 5.69 Å². The van der Waals surface area contributed by atoms with Crippen molar-refractivity contribution in [1.29, 1.82) is 0 Å². The SMILES string of the molecule is Nc1cccnc1C(=O)CCc1ccsc1. The minimum Gasteiger partial charge on any atom is -0.397 e. The first kappa shape index (κ1) is 10.8. The number of nitrogens with zero attached hydrogens (tertiary/aromatic N) is 1. The van der Waals surface area contributed by atoms with Gasteiger partial charge in [-0.15, -0.1) is 0 Å². The lowest BCUT2D eigenvalue weighted by molar-refractivity contribution is 0.0979. The molecular weight excluding hydrogens is 220 g/mol. The Kier molecular flexibility index (Phi) is 3.31. The minimum absolute atomic E-state index is 0.00398. The molecule has 0 aliphatic rings. The van der Waals surface area contributed by atoms with Gasteiger partial charge in [-0.25, -0.2) is 0 Å². The Morgan fingerprint density at radius 3 is 3.00 bits per heavy atom. The van der Waals surface area contributed by atoms with Gasteiger partial charge in [-0.1, -0.05) is 0 Å². The lowest BCUT2D eigenvalue weighted by atomic mass is 10.1. The standard InChI is InChI=1S/C12H12N2OS/c13-10-2-1-6-14-12(10)11(15)4-3-9-5-7-16-8-9/h1-2,5-8H,3-4,13H2. The quantitative estimate of drug-likeness (QED) is 0.824. The Bertz CT molecular complexity index is 480. The van der Waals surface area contributed by atoms with E-state index in [0.717, 1.165) is 6.42 Å². The highest BCUT2D eigenvalue weighted by molar-refractivity contribution is 7.07. The molecule has 16 heavy (non-hydrogen) atoms. The lowest BCUT2D eigenvalue weighted by Gasteiger charge is -2.02. The summed E-state index contributed by atoms with van der Waals surface area (Å²) in [5.74, 6) is 0.00398. The molecule has 3 nitrogen and oxygen atoms in total. The molecule has 4 heteroatoms. The number of ketones is 1. The number of aromatic nitrogens is 1. The number of anilines is 1. The van der Waals surface area contributed by atoms with Gasteiger partial charge in [-0.2, -0.15) is 11.3 Å². The number of hydrogen-bond donors (Lipinski definition) is 1. The van der Waals surface area contributed by atoms with E-state index >= 15 is 0 Å². The van der Waals surface area contributed by atoms with Crippen molar-refractivity contribution in [3.63, 3.8) is 0 Å². The van der Waals surface area contributed by atoms with Crippen LogP contribution < -0.4 is 5.73 Å². The second-order valence-electron chi connectivity index (χ2n) is 3.50. The molecule has 0 amide bonds. The molecule has 0 aliphatic carbocycles. The molecule has 0 bridgehead atoms. The zero-order valence-corrected chi connectivity index (χ0v) is 9.54. The van der Waals surface area contributed by atoms with Crippen LogP contribution in [-0.2, 0) is 6.42 Å². The largest absolute Gasteiger partial charge is 0.397 e. The van der Waals surface area contributed by atoms with E-state index < -0.39 is 0 Å². The van der Waals surface area contributed by atoms with Gasteiger partial charge < -0.3 is 5.73 Å². The van der Waals surface area contributed by atoms with Crippen molar-refractivity contribution >= 4 is 22.8 Å². The molecule has 0 aromatic carbocycles. The average Bonchev–Trinajstić information content (AvgIpc) is 2.79. The highest BCUT2D eigenvalue weighted by atomic mass is 32.1. The summed E-state index contributed by atoms with van der Waals surface area (Å²) < 4.78 is 0.